The smallest absolute Gasteiger partial charge is 0.0418 e. The topological polar surface area (TPSA) is 37.0 Å². The van der Waals surface area contributed by atoms with Crippen LogP contribution in [0.1, 0.15) is 36.1 Å². The van der Waals surface area contributed by atoms with Crippen LogP contribution < -0.4 is 10.6 Å². The third-order valence-corrected chi connectivity index (χ3v) is 3.97. The summed E-state index contributed by atoms with van der Waals surface area (Å²) in [7, 11) is 0. The van der Waals surface area contributed by atoms with E-state index in [9.17, 15) is 0 Å². The molecule has 3 rings (SSSR count). The highest BCUT2D eigenvalue weighted by molar-refractivity contribution is 5.59. The lowest BCUT2D eigenvalue weighted by molar-refractivity contribution is 0.574. The van der Waals surface area contributed by atoms with Gasteiger partial charge in [0, 0.05) is 37.2 Å². The minimum absolute atomic E-state index is 0.331. The minimum Gasteiger partial charge on any atom is -0.385 e. The molecule has 3 heteroatoms. The lowest BCUT2D eigenvalue weighted by Gasteiger charge is -2.22. The summed E-state index contributed by atoms with van der Waals surface area (Å²) in [6.45, 7) is 4.17. The zero-order chi connectivity index (χ0) is 13.8. The molecule has 2 N–H and O–H groups in total. The molecule has 1 aliphatic rings. The SMILES string of the molecule is C[C@@H](NCc1cccc2c1NCCC2)c1ccncc1. The van der Waals surface area contributed by atoms with Crippen LogP contribution in [0.5, 0.6) is 0 Å². The number of benzene rings is 1. The largest absolute Gasteiger partial charge is 0.385 e. The fraction of sp³-hybridized carbons (Fsp3) is 0.353. The molecule has 0 fully saturated rings. The molecule has 0 radical (unpaired) electrons. The molecule has 0 saturated carbocycles. The van der Waals surface area contributed by atoms with Crippen molar-refractivity contribution >= 4 is 5.69 Å². The third kappa shape index (κ3) is 2.83. The number of hydrogen-bond donors (Lipinski definition) is 2. The number of hydrogen-bond acceptors (Lipinski definition) is 3. The maximum atomic E-state index is 4.07. The van der Waals surface area contributed by atoms with E-state index in [1.165, 1.54) is 35.2 Å². The average molecular weight is 267 g/mol. The predicted octanol–water partition coefficient (Wildman–Crippen LogP) is 3.29. The standard InChI is InChI=1S/C17H21N3/c1-13(14-7-10-18-11-8-14)20-12-16-5-2-4-15-6-3-9-19-17(15)16/h2,4-5,7-8,10-11,13,19-20H,3,6,9,12H2,1H3/t13-/m1/s1. The summed E-state index contributed by atoms with van der Waals surface area (Å²) in [6.07, 6.45) is 6.12. The van der Waals surface area contributed by atoms with E-state index in [1.54, 1.807) is 0 Å². The van der Waals surface area contributed by atoms with Crippen molar-refractivity contribution < 1.29 is 0 Å². The Morgan fingerprint density at radius 3 is 2.95 bits per heavy atom. The fourth-order valence-corrected chi connectivity index (χ4v) is 2.76. The highest BCUT2D eigenvalue weighted by Crippen LogP contribution is 2.26. The maximum Gasteiger partial charge on any atom is 0.0418 e. The number of aryl methyl sites for hydroxylation is 1. The number of anilines is 1. The lowest BCUT2D eigenvalue weighted by atomic mass is 9.99. The van der Waals surface area contributed by atoms with E-state index in [2.05, 4.69) is 52.9 Å². The van der Waals surface area contributed by atoms with Gasteiger partial charge in [0.1, 0.15) is 0 Å². The van der Waals surface area contributed by atoms with Crippen LogP contribution in [0.4, 0.5) is 5.69 Å². The van der Waals surface area contributed by atoms with Gasteiger partial charge in [-0.15, -0.1) is 0 Å². The highest BCUT2D eigenvalue weighted by Gasteiger charge is 2.12. The molecule has 2 aromatic rings. The van der Waals surface area contributed by atoms with Crippen molar-refractivity contribution in [3.63, 3.8) is 0 Å². The molecule has 3 nitrogen and oxygen atoms in total. The number of nitrogens with one attached hydrogen (secondary N) is 2. The first kappa shape index (κ1) is 13.1. The molecule has 20 heavy (non-hydrogen) atoms. The summed E-state index contributed by atoms with van der Waals surface area (Å²) in [4.78, 5) is 4.07. The van der Waals surface area contributed by atoms with Crippen LogP contribution in [0.15, 0.2) is 42.7 Å². The fourth-order valence-electron chi connectivity index (χ4n) is 2.76. The van der Waals surface area contributed by atoms with Gasteiger partial charge in [-0.25, -0.2) is 0 Å². The second-order valence-electron chi connectivity index (χ2n) is 5.36. The van der Waals surface area contributed by atoms with Crippen molar-refractivity contribution in [1.82, 2.24) is 10.3 Å². The highest BCUT2D eigenvalue weighted by atomic mass is 14.9. The summed E-state index contributed by atoms with van der Waals surface area (Å²) in [5.74, 6) is 0. The summed E-state index contributed by atoms with van der Waals surface area (Å²) in [6, 6.07) is 11.1. The quantitative estimate of drug-likeness (QED) is 0.892. The van der Waals surface area contributed by atoms with Gasteiger partial charge in [0.25, 0.3) is 0 Å². The van der Waals surface area contributed by atoms with Gasteiger partial charge in [-0.3, -0.25) is 4.98 Å². The van der Waals surface area contributed by atoms with Crippen LogP contribution in [0.25, 0.3) is 0 Å². The molecule has 0 amide bonds. The first-order valence-corrected chi connectivity index (χ1v) is 7.32. The Morgan fingerprint density at radius 2 is 2.10 bits per heavy atom. The van der Waals surface area contributed by atoms with E-state index in [0.29, 0.717) is 6.04 Å². The number of pyridine rings is 1. The van der Waals surface area contributed by atoms with Gasteiger partial charge < -0.3 is 10.6 Å². The van der Waals surface area contributed by atoms with Crippen molar-refractivity contribution in [2.45, 2.75) is 32.4 Å². The van der Waals surface area contributed by atoms with Gasteiger partial charge in [-0.05, 0) is 48.6 Å². The van der Waals surface area contributed by atoms with E-state index in [0.717, 1.165) is 13.1 Å². The second-order valence-corrected chi connectivity index (χ2v) is 5.36. The van der Waals surface area contributed by atoms with E-state index >= 15 is 0 Å². The number of nitrogens with zero attached hydrogens (tertiary/aromatic N) is 1. The summed E-state index contributed by atoms with van der Waals surface area (Å²) in [5.41, 5.74) is 5.43. The minimum atomic E-state index is 0.331. The van der Waals surface area contributed by atoms with Crippen LogP contribution in [-0.4, -0.2) is 11.5 Å². The monoisotopic (exact) mass is 267 g/mol. The van der Waals surface area contributed by atoms with Gasteiger partial charge in [0.2, 0.25) is 0 Å². The molecule has 0 bridgehead atoms. The van der Waals surface area contributed by atoms with Gasteiger partial charge >= 0.3 is 0 Å². The molecule has 2 heterocycles. The number of aromatic nitrogens is 1. The second kappa shape index (κ2) is 6.06. The molecule has 1 aromatic heterocycles. The molecular formula is C17H21N3. The lowest BCUT2D eigenvalue weighted by Crippen LogP contribution is -2.21. The zero-order valence-electron chi connectivity index (χ0n) is 11.9. The normalized spacial score (nSPS) is 15.2. The Hall–Kier alpha value is -1.87. The van der Waals surface area contributed by atoms with Gasteiger partial charge in [-0.2, -0.15) is 0 Å². The van der Waals surface area contributed by atoms with Gasteiger partial charge in [0.05, 0.1) is 0 Å². The molecule has 1 aliphatic heterocycles. The molecule has 104 valence electrons. The molecule has 0 spiro atoms. The molecule has 0 saturated heterocycles. The Kier molecular flexibility index (Phi) is 3.97. The van der Waals surface area contributed by atoms with E-state index in [1.807, 2.05) is 12.4 Å². The average Bonchev–Trinajstić information content (AvgIpc) is 2.53. The van der Waals surface area contributed by atoms with Gasteiger partial charge in [0.15, 0.2) is 0 Å². The molecule has 0 unspecified atom stereocenters. The summed E-state index contributed by atoms with van der Waals surface area (Å²) >= 11 is 0. The van der Waals surface area contributed by atoms with Crippen molar-refractivity contribution in [2.24, 2.45) is 0 Å². The van der Waals surface area contributed by atoms with E-state index in [-0.39, 0.29) is 0 Å². The Morgan fingerprint density at radius 1 is 1.25 bits per heavy atom. The predicted molar refractivity (Wildman–Crippen MR) is 82.7 cm³/mol. The van der Waals surface area contributed by atoms with Gasteiger partial charge in [-0.1, -0.05) is 18.2 Å². The number of rotatable bonds is 4. The first-order valence-electron chi connectivity index (χ1n) is 7.32. The molecule has 1 atom stereocenters. The number of fused-ring (bicyclic) bond motifs is 1. The van der Waals surface area contributed by atoms with Crippen molar-refractivity contribution in [3.8, 4) is 0 Å². The van der Waals surface area contributed by atoms with E-state index in [4.69, 9.17) is 0 Å². The van der Waals surface area contributed by atoms with Crippen LogP contribution in [-0.2, 0) is 13.0 Å². The molecule has 0 aliphatic carbocycles. The number of para-hydroxylation sites is 1. The van der Waals surface area contributed by atoms with Crippen molar-refractivity contribution in [3.05, 3.63) is 59.4 Å². The third-order valence-electron chi connectivity index (χ3n) is 3.97. The first-order chi connectivity index (χ1) is 9.84. The zero-order valence-corrected chi connectivity index (χ0v) is 11.9. The van der Waals surface area contributed by atoms with Crippen molar-refractivity contribution in [1.29, 1.82) is 0 Å². The Labute approximate surface area is 120 Å². The van der Waals surface area contributed by atoms with Crippen LogP contribution in [0.3, 0.4) is 0 Å². The van der Waals surface area contributed by atoms with Crippen LogP contribution >= 0.6 is 0 Å². The Bertz CT molecular complexity index is 566. The summed E-state index contributed by atoms with van der Waals surface area (Å²) in [5, 5.41) is 7.14. The maximum absolute atomic E-state index is 4.07. The molecular weight excluding hydrogens is 246 g/mol. The van der Waals surface area contributed by atoms with Crippen molar-refractivity contribution in [2.75, 3.05) is 11.9 Å². The summed E-state index contributed by atoms with van der Waals surface area (Å²) < 4.78 is 0. The Balaban J connectivity index is 1.70. The molecule has 1 aromatic carbocycles. The van der Waals surface area contributed by atoms with E-state index < -0.39 is 0 Å². The van der Waals surface area contributed by atoms with Crippen LogP contribution in [0.2, 0.25) is 0 Å². The van der Waals surface area contributed by atoms with Crippen LogP contribution in [0, 0.1) is 0 Å².